The van der Waals surface area contributed by atoms with Crippen molar-refractivity contribution in [2.75, 3.05) is 13.1 Å². The van der Waals surface area contributed by atoms with Crippen LogP contribution in [-0.4, -0.2) is 24.8 Å². The number of nitrogens with zero attached hydrogens (tertiary/aromatic N) is 2. The summed E-state index contributed by atoms with van der Waals surface area (Å²) in [6, 6.07) is 9.31. The number of guanidine groups is 1. The van der Waals surface area contributed by atoms with Crippen molar-refractivity contribution in [3.63, 3.8) is 0 Å². The summed E-state index contributed by atoms with van der Waals surface area (Å²) in [7, 11) is 0. The number of aliphatic imine (C=N–C) groups is 1. The Morgan fingerprint density at radius 1 is 0.829 bits per heavy atom. The van der Waals surface area contributed by atoms with Crippen molar-refractivity contribution < 1.29 is 26.3 Å². The molecule has 2 aromatic carbocycles. The van der Waals surface area contributed by atoms with Gasteiger partial charge in [-0.25, -0.2) is 5.43 Å². The third kappa shape index (κ3) is 6.74. The molecule has 4 nitrogen and oxygen atoms in total. The molecule has 0 amide bonds. The van der Waals surface area contributed by atoms with Crippen LogP contribution in [0.1, 0.15) is 35.1 Å². The molecule has 0 aromatic heterocycles. The summed E-state index contributed by atoms with van der Waals surface area (Å²) in [4.78, 5) is 4.44. The lowest BCUT2D eigenvalue weighted by Gasteiger charge is -2.21. The monoisotopic (exact) mass is 492 g/mol. The van der Waals surface area contributed by atoms with Crippen molar-refractivity contribution in [3.8, 4) is 0 Å². The van der Waals surface area contributed by atoms with Gasteiger partial charge in [-0.1, -0.05) is 36.4 Å². The van der Waals surface area contributed by atoms with Crippen molar-refractivity contribution in [1.82, 2.24) is 10.7 Å². The van der Waals surface area contributed by atoms with Crippen LogP contribution in [0.5, 0.6) is 0 Å². The van der Waals surface area contributed by atoms with Crippen LogP contribution in [0.4, 0.5) is 26.3 Å². The maximum Gasteiger partial charge on any atom is 0.416 e. The molecule has 1 heterocycles. The van der Waals surface area contributed by atoms with E-state index in [9.17, 15) is 26.3 Å². The van der Waals surface area contributed by atoms with Crippen molar-refractivity contribution in [2.24, 2.45) is 15.5 Å². The Hall–Kier alpha value is -3.56. The number of benzene rings is 2. The lowest BCUT2D eigenvalue weighted by molar-refractivity contribution is -0.138. The van der Waals surface area contributed by atoms with Crippen LogP contribution < -0.4 is 10.7 Å². The van der Waals surface area contributed by atoms with E-state index in [-0.39, 0.29) is 5.41 Å². The second kappa shape index (κ2) is 9.59. The standard InChI is InChI=1S/C25H22F6N4/c26-24(27,28)19-7-1-17(2-8-19)5-11-21(34-35-22-32-15-23(13-14-23)16-33-22)12-6-18-3-9-20(10-4-18)25(29,30)31/h1-12H,13-16H2,(H2,32,33,35). The third-order valence-electron chi connectivity index (χ3n) is 5.82. The lowest BCUT2D eigenvalue weighted by Crippen LogP contribution is -2.43. The van der Waals surface area contributed by atoms with Gasteiger partial charge >= 0.3 is 12.4 Å². The average Bonchev–Trinajstić information content (AvgIpc) is 3.58. The molecular weight excluding hydrogens is 470 g/mol. The van der Waals surface area contributed by atoms with Gasteiger partial charge in [-0.05, 0) is 60.4 Å². The van der Waals surface area contributed by atoms with Crippen molar-refractivity contribution in [3.05, 3.63) is 82.9 Å². The Kier molecular flexibility index (Phi) is 6.73. The zero-order chi connectivity index (χ0) is 25.1. The van der Waals surface area contributed by atoms with Gasteiger partial charge in [-0.2, -0.15) is 31.4 Å². The van der Waals surface area contributed by atoms with E-state index < -0.39 is 23.5 Å². The SMILES string of the molecule is FC(F)(F)c1ccc(C=CC(C=Cc2ccc(C(F)(F)F)cc2)=NNC2=NCC3(CC3)CN2)cc1. The minimum Gasteiger partial charge on any atom is -0.354 e. The molecule has 2 N–H and O–H groups in total. The van der Waals surface area contributed by atoms with Crippen LogP contribution in [0, 0.1) is 5.41 Å². The molecule has 1 fully saturated rings. The van der Waals surface area contributed by atoms with Crippen LogP contribution in [-0.2, 0) is 12.4 Å². The molecule has 1 spiro atoms. The van der Waals surface area contributed by atoms with Crippen LogP contribution >= 0.6 is 0 Å². The normalized spacial score (nSPS) is 17.4. The van der Waals surface area contributed by atoms with Crippen molar-refractivity contribution >= 4 is 23.8 Å². The van der Waals surface area contributed by atoms with E-state index in [1.165, 1.54) is 24.3 Å². The van der Waals surface area contributed by atoms with Gasteiger partial charge < -0.3 is 5.32 Å². The maximum atomic E-state index is 12.8. The van der Waals surface area contributed by atoms with E-state index >= 15 is 0 Å². The van der Waals surface area contributed by atoms with E-state index in [1.807, 2.05) is 0 Å². The van der Waals surface area contributed by atoms with Gasteiger partial charge in [0, 0.05) is 12.0 Å². The van der Waals surface area contributed by atoms with Crippen LogP contribution in [0.3, 0.4) is 0 Å². The second-order valence-corrected chi connectivity index (χ2v) is 8.57. The molecule has 2 aliphatic rings. The van der Waals surface area contributed by atoms with Crippen LogP contribution in [0.15, 0.2) is 70.8 Å². The number of alkyl halides is 6. The molecule has 0 unspecified atom stereocenters. The predicted molar refractivity (Wildman–Crippen MR) is 123 cm³/mol. The zero-order valence-electron chi connectivity index (χ0n) is 18.4. The first-order chi connectivity index (χ1) is 16.5. The molecule has 1 aliphatic carbocycles. The molecule has 0 saturated heterocycles. The average molecular weight is 492 g/mol. The number of hydrazone groups is 1. The molecule has 1 aliphatic heterocycles. The van der Waals surface area contributed by atoms with Gasteiger partial charge in [0.1, 0.15) is 0 Å². The fraction of sp³-hybridized carbons (Fsp3) is 0.280. The minimum atomic E-state index is -4.42. The largest absolute Gasteiger partial charge is 0.416 e. The summed E-state index contributed by atoms with van der Waals surface area (Å²) in [5.74, 6) is 0.505. The fourth-order valence-corrected chi connectivity index (χ4v) is 3.39. The molecule has 184 valence electrons. The summed E-state index contributed by atoms with van der Waals surface area (Å²) in [6.45, 7) is 1.50. The van der Waals surface area contributed by atoms with E-state index in [4.69, 9.17) is 0 Å². The molecule has 35 heavy (non-hydrogen) atoms. The minimum absolute atomic E-state index is 0.253. The molecule has 10 heteroatoms. The molecular formula is C25H22F6N4. The van der Waals surface area contributed by atoms with Gasteiger partial charge in [0.25, 0.3) is 0 Å². The number of hydrogen-bond acceptors (Lipinski definition) is 4. The summed E-state index contributed by atoms with van der Waals surface area (Å²) in [5, 5.41) is 7.49. The number of hydrogen-bond donors (Lipinski definition) is 2. The van der Waals surface area contributed by atoms with Gasteiger partial charge in [-0.15, -0.1) is 0 Å². The number of rotatable bonds is 5. The van der Waals surface area contributed by atoms with Crippen LogP contribution in [0.25, 0.3) is 12.2 Å². The number of halogens is 6. The molecule has 2 aromatic rings. The molecule has 0 bridgehead atoms. The van der Waals surface area contributed by atoms with Gasteiger partial charge in [0.2, 0.25) is 5.96 Å². The van der Waals surface area contributed by atoms with Crippen molar-refractivity contribution in [1.29, 1.82) is 0 Å². The topological polar surface area (TPSA) is 48.8 Å². The van der Waals surface area contributed by atoms with E-state index in [0.717, 1.165) is 43.7 Å². The van der Waals surface area contributed by atoms with E-state index in [2.05, 4.69) is 20.8 Å². The summed E-state index contributed by atoms with van der Waals surface area (Å²) < 4.78 is 76.7. The first-order valence-electron chi connectivity index (χ1n) is 10.9. The van der Waals surface area contributed by atoms with Gasteiger partial charge in [0.05, 0.1) is 23.4 Å². The van der Waals surface area contributed by atoms with Gasteiger partial charge in [0.15, 0.2) is 0 Å². The lowest BCUT2D eigenvalue weighted by atomic mass is 10.1. The van der Waals surface area contributed by atoms with E-state index in [1.54, 1.807) is 24.3 Å². The first-order valence-corrected chi connectivity index (χ1v) is 10.9. The Morgan fingerprint density at radius 3 is 1.69 bits per heavy atom. The van der Waals surface area contributed by atoms with Crippen LogP contribution in [0.2, 0.25) is 0 Å². The number of allylic oxidation sites excluding steroid dienone is 2. The quantitative estimate of drug-likeness (QED) is 0.300. The predicted octanol–water partition coefficient (Wildman–Crippen LogP) is 6.14. The first kappa shape index (κ1) is 24.6. The smallest absolute Gasteiger partial charge is 0.354 e. The molecule has 4 rings (SSSR count). The molecule has 0 radical (unpaired) electrons. The summed E-state index contributed by atoms with van der Waals surface area (Å²) in [6.07, 6.45) is -0.218. The Morgan fingerprint density at radius 2 is 1.31 bits per heavy atom. The Bertz CT molecular complexity index is 1080. The third-order valence-corrected chi connectivity index (χ3v) is 5.82. The van der Waals surface area contributed by atoms with E-state index in [0.29, 0.717) is 29.3 Å². The Balaban J connectivity index is 1.51. The highest BCUT2D eigenvalue weighted by atomic mass is 19.4. The zero-order valence-corrected chi connectivity index (χ0v) is 18.4. The second-order valence-electron chi connectivity index (χ2n) is 8.57. The number of nitrogens with one attached hydrogen (secondary N) is 2. The summed E-state index contributed by atoms with van der Waals surface area (Å²) >= 11 is 0. The highest BCUT2D eigenvalue weighted by Gasteiger charge is 2.44. The molecule has 1 saturated carbocycles. The highest BCUT2D eigenvalue weighted by Crippen LogP contribution is 2.46. The van der Waals surface area contributed by atoms with Crippen molar-refractivity contribution in [2.45, 2.75) is 25.2 Å². The van der Waals surface area contributed by atoms with Gasteiger partial charge in [-0.3, -0.25) is 4.99 Å². The summed E-state index contributed by atoms with van der Waals surface area (Å²) in [5.41, 5.74) is 3.04. The maximum absolute atomic E-state index is 12.8. The Labute approximate surface area is 198 Å². The molecule has 0 atom stereocenters. The highest BCUT2D eigenvalue weighted by molar-refractivity contribution is 6.09. The fourth-order valence-electron chi connectivity index (χ4n) is 3.39.